The third-order valence-electron chi connectivity index (χ3n) is 9.20. The van der Waals surface area contributed by atoms with Gasteiger partial charge in [0.15, 0.2) is 0 Å². The van der Waals surface area contributed by atoms with E-state index in [1.807, 2.05) is 45.9 Å². The van der Waals surface area contributed by atoms with Crippen LogP contribution in [0.1, 0.15) is 92.2 Å². The van der Waals surface area contributed by atoms with Crippen molar-refractivity contribution in [3.05, 3.63) is 122 Å². The van der Waals surface area contributed by atoms with E-state index in [-0.39, 0.29) is 23.6 Å². The number of hydrogen-bond donors (Lipinski definition) is 5. The summed E-state index contributed by atoms with van der Waals surface area (Å²) in [4.78, 5) is 52.3. The fourth-order valence-electron chi connectivity index (χ4n) is 6.18. The summed E-state index contributed by atoms with van der Waals surface area (Å²) >= 11 is 6.89. The zero-order valence-electron chi connectivity index (χ0n) is 31.0. The number of benzene rings is 2. The molecule has 2 atom stereocenters. The van der Waals surface area contributed by atoms with E-state index < -0.39 is 5.97 Å². The largest absolute Gasteiger partial charge is 0.492 e. The minimum absolute atomic E-state index is 0.0648. The monoisotopic (exact) mass is 854 g/mol. The number of hydrogen-bond acceptors (Lipinski definition) is 7. The molecule has 1 amide bonds. The number of carboxylic acids is 1. The van der Waals surface area contributed by atoms with Gasteiger partial charge in [0.1, 0.15) is 11.5 Å². The number of fused-ring (bicyclic) bond motifs is 2. The van der Waals surface area contributed by atoms with Crippen molar-refractivity contribution in [1.29, 1.82) is 0 Å². The molecule has 2 aromatic heterocycles. The van der Waals surface area contributed by atoms with Gasteiger partial charge in [0.05, 0.1) is 27.7 Å². The maximum atomic E-state index is 12.6. The summed E-state index contributed by atoms with van der Waals surface area (Å²) < 4.78 is 13.1. The Balaban J connectivity index is 0.000000197. The molecule has 53 heavy (non-hydrogen) atoms. The van der Waals surface area contributed by atoms with Crippen molar-refractivity contribution in [2.75, 3.05) is 13.2 Å². The zero-order chi connectivity index (χ0) is 39.0. The van der Waals surface area contributed by atoms with Crippen LogP contribution in [0, 0.1) is 39.5 Å². The van der Waals surface area contributed by atoms with Crippen LogP contribution in [0.4, 0.5) is 0 Å². The normalized spacial score (nSPS) is 16.0. The number of aromatic carboxylic acids is 1. The molecule has 2 aliphatic rings. The Morgan fingerprint density at radius 3 is 1.68 bits per heavy atom. The minimum Gasteiger partial charge on any atom is -0.492 e. The number of rotatable bonds is 5. The predicted molar refractivity (Wildman–Crippen MR) is 213 cm³/mol. The lowest BCUT2D eigenvalue weighted by atomic mass is 10.0. The number of aromatic amines is 2. The number of carboxylic acid groups (broad SMARTS) is 1. The number of ether oxygens (including phenoxy) is 2. The molecule has 6 N–H and O–H groups in total. The zero-order valence-corrected chi connectivity index (χ0v) is 34.2. The predicted octanol–water partition coefficient (Wildman–Crippen LogP) is 7.20. The van der Waals surface area contributed by atoms with Crippen molar-refractivity contribution in [2.45, 2.75) is 80.3 Å². The second kappa shape index (κ2) is 18.7. The van der Waals surface area contributed by atoms with E-state index in [0.717, 1.165) is 79.8 Å². The second-order valence-electron chi connectivity index (χ2n) is 13.9. The van der Waals surface area contributed by atoms with Gasteiger partial charge in [-0.25, -0.2) is 4.79 Å². The third-order valence-corrected chi connectivity index (χ3v) is 10.4. The van der Waals surface area contributed by atoms with E-state index in [2.05, 4.69) is 61.0 Å². The number of carbonyl (C=O) groups is 2. The Hall–Kier alpha value is -4.20. The number of halogens is 2. The molecule has 0 bridgehead atoms. The van der Waals surface area contributed by atoms with Crippen molar-refractivity contribution in [1.82, 2.24) is 15.3 Å². The molecular formula is C40H48Br2N4O7. The second-order valence-corrected chi connectivity index (χ2v) is 15.6. The Kier molecular flexibility index (Phi) is 14.7. The van der Waals surface area contributed by atoms with Gasteiger partial charge in [0.25, 0.3) is 17.0 Å². The van der Waals surface area contributed by atoms with Crippen LogP contribution in [0.3, 0.4) is 0 Å². The maximum absolute atomic E-state index is 12.6. The van der Waals surface area contributed by atoms with Gasteiger partial charge in [-0.15, -0.1) is 0 Å². The van der Waals surface area contributed by atoms with E-state index in [4.69, 9.17) is 20.3 Å². The average Bonchev–Trinajstić information content (AvgIpc) is 3.40. The van der Waals surface area contributed by atoms with Gasteiger partial charge in [-0.3, -0.25) is 14.4 Å². The number of aryl methyl sites for hydroxylation is 6. The summed E-state index contributed by atoms with van der Waals surface area (Å²) in [5, 5.41) is 11.8. The number of nitrogens with two attached hydrogens (primary N) is 1. The summed E-state index contributed by atoms with van der Waals surface area (Å²) in [6, 6.07) is 10.8. The summed E-state index contributed by atoms with van der Waals surface area (Å²) in [6.45, 7) is 13.6. The van der Waals surface area contributed by atoms with Crippen LogP contribution in [-0.4, -0.2) is 40.2 Å². The minimum atomic E-state index is -0.902. The first-order chi connectivity index (χ1) is 25.1. The highest BCUT2D eigenvalue weighted by Crippen LogP contribution is 2.36. The summed E-state index contributed by atoms with van der Waals surface area (Å²) in [7, 11) is 0. The third kappa shape index (κ3) is 11.2. The lowest BCUT2D eigenvalue weighted by Gasteiger charge is -2.13. The number of nitrogens with one attached hydrogen (secondary N) is 3. The summed E-state index contributed by atoms with van der Waals surface area (Å²) in [5.41, 5.74) is 12.8. The van der Waals surface area contributed by atoms with Crippen LogP contribution in [0.15, 0.2) is 54.9 Å². The summed E-state index contributed by atoms with van der Waals surface area (Å²) in [6.07, 6.45) is 3.81. The molecule has 0 radical (unpaired) electrons. The SMILES string of the molecule is CC1CCc2cc(C(=O)O)cc(Br)c2OC1.Cc1cc(C)c(CN)c(=O)[nH]1.Cc1cc(C)c(CNC(=O)c2cc(Br)c3c(c2)CCC(C)CO3)c(=O)[nH]1. The molecule has 13 heteroatoms. The number of amides is 1. The number of pyridine rings is 2. The van der Waals surface area contributed by atoms with Gasteiger partial charge >= 0.3 is 5.97 Å². The van der Waals surface area contributed by atoms with E-state index in [9.17, 15) is 19.2 Å². The van der Waals surface area contributed by atoms with Crippen molar-refractivity contribution in [3.8, 4) is 11.5 Å². The molecule has 0 fully saturated rings. The Morgan fingerprint density at radius 1 is 0.774 bits per heavy atom. The van der Waals surface area contributed by atoms with Crippen LogP contribution in [0.2, 0.25) is 0 Å². The van der Waals surface area contributed by atoms with Crippen LogP contribution in [0.5, 0.6) is 11.5 Å². The molecule has 0 saturated carbocycles. The first kappa shape index (κ1) is 41.6. The molecule has 0 spiro atoms. The smallest absolute Gasteiger partial charge is 0.335 e. The van der Waals surface area contributed by atoms with E-state index in [0.29, 0.717) is 53.8 Å². The lowest BCUT2D eigenvalue weighted by molar-refractivity contribution is 0.0696. The molecule has 11 nitrogen and oxygen atoms in total. The van der Waals surface area contributed by atoms with Crippen LogP contribution in [0.25, 0.3) is 0 Å². The van der Waals surface area contributed by atoms with Crippen LogP contribution < -0.4 is 31.6 Å². The number of H-pyrrole nitrogens is 2. The van der Waals surface area contributed by atoms with E-state index in [1.165, 1.54) is 0 Å². The molecule has 0 aliphatic carbocycles. The molecular weight excluding hydrogens is 808 g/mol. The van der Waals surface area contributed by atoms with Crippen LogP contribution in [-0.2, 0) is 25.9 Å². The molecule has 2 aliphatic heterocycles. The van der Waals surface area contributed by atoms with Crippen molar-refractivity contribution in [3.63, 3.8) is 0 Å². The fourth-order valence-corrected chi connectivity index (χ4v) is 7.41. The van der Waals surface area contributed by atoms with Gasteiger partial charge in [0.2, 0.25) is 0 Å². The van der Waals surface area contributed by atoms with Gasteiger partial charge in [-0.2, -0.15) is 0 Å². The summed E-state index contributed by atoms with van der Waals surface area (Å²) in [5.74, 6) is 1.52. The lowest BCUT2D eigenvalue weighted by Crippen LogP contribution is -2.28. The van der Waals surface area contributed by atoms with Gasteiger partial charge in [-0.1, -0.05) is 13.8 Å². The van der Waals surface area contributed by atoms with Gasteiger partial charge in [-0.05, 0) is 156 Å². The van der Waals surface area contributed by atoms with E-state index >= 15 is 0 Å². The highest BCUT2D eigenvalue weighted by atomic mass is 79.9. The Labute approximate surface area is 326 Å². The van der Waals surface area contributed by atoms with Crippen molar-refractivity contribution in [2.24, 2.45) is 17.6 Å². The molecule has 284 valence electrons. The molecule has 2 aromatic carbocycles. The maximum Gasteiger partial charge on any atom is 0.335 e. The van der Waals surface area contributed by atoms with E-state index in [1.54, 1.807) is 18.2 Å². The number of carbonyl (C=O) groups excluding carboxylic acids is 1. The fraction of sp³-hybridized carbons (Fsp3) is 0.400. The van der Waals surface area contributed by atoms with Crippen molar-refractivity contribution >= 4 is 43.7 Å². The topological polar surface area (TPSA) is 177 Å². The van der Waals surface area contributed by atoms with Gasteiger partial charge in [0, 0.05) is 41.2 Å². The quantitative estimate of drug-likeness (QED) is 0.140. The number of aromatic nitrogens is 2. The molecule has 2 unspecified atom stereocenters. The first-order valence-electron chi connectivity index (χ1n) is 17.6. The van der Waals surface area contributed by atoms with Crippen molar-refractivity contribution < 1.29 is 24.2 Å². The molecule has 0 saturated heterocycles. The van der Waals surface area contributed by atoms with Gasteiger partial charge < -0.3 is 35.6 Å². The van der Waals surface area contributed by atoms with Crippen LogP contribution >= 0.6 is 31.9 Å². The Bertz CT molecular complexity index is 2090. The average molecular weight is 857 g/mol. The molecule has 6 rings (SSSR count). The highest BCUT2D eigenvalue weighted by molar-refractivity contribution is 9.11. The first-order valence-corrected chi connectivity index (χ1v) is 19.2. The molecule has 4 aromatic rings. The Morgan fingerprint density at radius 2 is 1.23 bits per heavy atom. The standard InChI is InChI=1S/C20H23BrN2O3.C12H13BrO3.C8H12N2O/c1-11-4-5-14-7-15(8-17(21)18(14)26-10-11)19(24)22-9-16-12(2)6-13(3)23-20(16)25;1-7-2-3-8-4-9(12(14)15)5-10(13)11(8)16-6-7;1-5-3-6(2)10-8(11)7(5)4-9/h6-8,11H,4-5,9-10H2,1-3H3,(H,22,24)(H,23,25);4-5,7H,2-3,6H2,1H3,(H,14,15);3H,4,9H2,1-2H3,(H,10,11). The highest BCUT2D eigenvalue weighted by Gasteiger charge is 2.21. The molecule has 4 heterocycles.